The largest absolute Gasteiger partial charge is 0.352 e. The maximum absolute atomic E-state index is 12.7. The van der Waals surface area contributed by atoms with Crippen molar-refractivity contribution in [1.82, 2.24) is 20.3 Å². The van der Waals surface area contributed by atoms with Crippen LogP contribution >= 0.6 is 0 Å². The van der Waals surface area contributed by atoms with E-state index in [2.05, 4.69) is 25.6 Å². The molecule has 0 atom stereocenters. The zero-order valence-electron chi connectivity index (χ0n) is 17.3. The molecule has 1 fully saturated rings. The molecule has 0 radical (unpaired) electrons. The summed E-state index contributed by atoms with van der Waals surface area (Å²) in [6.45, 7) is 2.77. The van der Waals surface area contributed by atoms with E-state index in [0.29, 0.717) is 17.3 Å². The van der Waals surface area contributed by atoms with Crippen molar-refractivity contribution in [3.63, 3.8) is 0 Å². The summed E-state index contributed by atoms with van der Waals surface area (Å²) in [4.78, 5) is 25.5. The summed E-state index contributed by atoms with van der Waals surface area (Å²) in [6, 6.07) is 11.4. The molecule has 0 unspecified atom stereocenters. The van der Waals surface area contributed by atoms with E-state index in [0.717, 1.165) is 29.1 Å². The molecule has 30 heavy (non-hydrogen) atoms. The third-order valence-electron chi connectivity index (χ3n) is 5.69. The molecule has 1 aromatic carbocycles. The van der Waals surface area contributed by atoms with Crippen LogP contribution in [0.15, 0.2) is 55.1 Å². The lowest BCUT2D eigenvalue weighted by molar-refractivity contribution is 0.0943. The highest BCUT2D eigenvalue weighted by Crippen LogP contribution is 2.28. The second-order valence-corrected chi connectivity index (χ2v) is 7.86. The van der Waals surface area contributed by atoms with Gasteiger partial charge >= 0.3 is 0 Å². The molecule has 1 aliphatic carbocycles. The molecule has 6 heteroatoms. The van der Waals surface area contributed by atoms with Crippen LogP contribution in [0, 0.1) is 12.8 Å². The molecule has 2 N–H and O–H groups in total. The smallest absolute Gasteiger partial charge is 0.251 e. The Kier molecular flexibility index (Phi) is 6.32. The summed E-state index contributed by atoms with van der Waals surface area (Å²) in [7, 11) is 0. The maximum Gasteiger partial charge on any atom is 0.251 e. The summed E-state index contributed by atoms with van der Waals surface area (Å²) in [5.41, 5.74) is 4.22. The van der Waals surface area contributed by atoms with E-state index in [1.54, 1.807) is 12.4 Å². The van der Waals surface area contributed by atoms with Crippen LogP contribution in [0.25, 0.3) is 11.3 Å². The highest BCUT2D eigenvalue weighted by molar-refractivity contribution is 5.95. The first-order valence-corrected chi connectivity index (χ1v) is 10.6. The lowest BCUT2D eigenvalue weighted by Gasteiger charge is -2.21. The number of hydrogen-bond donors (Lipinski definition) is 2. The van der Waals surface area contributed by atoms with Crippen molar-refractivity contribution < 1.29 is 4.79 Å². The zero-order valence-corrected chi connectivity index (χ0v) is 17.3. The van der Waals surface area contributed by atoms with Crippen molar-refractivity contribution >= 4 is 17.4 Å². The number of hydrogen-bond acceptors (Lipinski definition) is 5. The summed E-state index contributed by atoms with van der Waals surface area (Å²) in [5, 5.41) is 6.51. The number of amides is 1. The van der Waals surface area contributed by atoms with Crippen molar-refractivity contribution in [1.29, 1.82) is 0 Å². The SMILES string of the molecule is Cc1ccc(C(=O)NCC2CCCCC2)cc1Nc1ncccc1-c1ccncn1. The standard InChI is InChI=1S/C24H27N5O/c1-17-9-10-19(24(30)27-15-18-6-3-2-4-7-18)14-22(17)29-23-20(8-5-12-26-23)21-11-13-25-16-28-21/h5,8-14,16,18H,2-4,6-7,15H2,1H3,(H,26,29)(H,27,30). The molecule has 2 heterocycles. The third-order valence-corrected chi connectivity index (χ3v) is 5.69. The van der Waals surface area contributed by atoms with E-state index in [1.807, 2.05) is 43.3 Å². The van der Waals surface area contributed by atoms with Gasteiger partial charge in [0.25, 0.3) is 5.91 Å². The Hall–Kier alpha value is -3.28. The second-order valence-electron chi connectivity index (χ2n) is 7.86. The third kappa shape index (κ3) is 4.82. The van der Waals surface area contributed by atoms with Gasteiger partial charge in [0.1, 0.15) is 12.1 Å². The highest BCUT2D eigenvalue weighted by Gasteiger charge is 2.16. The predicted molar refractivity (Wildman–Crippen MR) is 119 cm³/mol. The molecule has 6 nitrogen and oxygen atoms in total. The number of rotatable bonds is 6. The first kappa shape index (κ1) is 20.0. The van der Waals surface area contributed by atoms with Crippen molar-refractivity contribution in [2.45, 2.75) is 39.0 Å². The zero-order chi connectivity index (χ0) is 20.8. The summed E-state index contributed by atoms with van der Waals surface area (Å²) in [6.07, 6.45) is 11.3. The van der Waals surface area contributed by atoms with E-state index < -0.39 is 0 Å². The Labute approximate surface area is 177 Å². The fourth-order valence-electron chi connectivity index (χ4n) is 3.92. The number of aryl methyl sites for hydroxylation is 1. The van der Waals surface area contributed by atoms with Gasteiger partial charge in [-0.1, -0.05) is 25.3 Å². The lowest BCUT2D eigenvalue weighted by atomic mass is 9.89. The Bertz CT molecular complexity index is 999. The molecule has 4 rings (SSSR count). The van der Waals surface area contributed by atoms with Gasteiger partial charge in [-0.15, -0.1) is 0 Å². The fourth-order valence-corrected chi connectivity index (χ4v) is 3.92. The minimum absolute atomic E-state index is 0.0272. The first-order valence-electron chi connectivity index (χ1n) is 10.6. The Morgan fingerprint density at radius 3 is 2.73 bits per heavy atom. The Morgan fingerprint density at radius 1 is 1.07 bits per heavy atom. The molecule has 1 saturated carbocycles. The van der Waals surface area contributed by atoms with Crippen molar-refractivity contribution in [2.75, 3.05) is 11.9 Å². The minimum atomic E-state index is -0.0272. The molecule has 0 saturated heterocycles. The van der Waals surface area contributed by atoms with Crippen molar-refractivity contribution in [2.24, 2.45) is 5.92 Å². The van der Waals surface area contributed by atoms with E-state index >= 15 is 0 Å². The molecule has 1 amide bonds. The molecule has 3 aromatic rings. The normalized spacial score (nSPS) is 14.3. The van der Waals surface area contributed by atoms with Crippen LogP contribution in [-0.2, 0) is 0 Å². The van der Waals surface area contributed by atoms with Gasteiger partial charge in [0.05, 0.1) is 5.69 Å². The summed E-state index contributed by atoms with van der Waals surface area (Å²) < 4.78 is 0. The summed E-state index contributed by atoms with van der Waals surface area (Å²) in [5.74, 6) is 1.27. The van der Waals surface area contributed by atoms with Crippen LogP contribution in [0.1, 0.15) is 48.0 Å². The average Bonchev–Trinajstić information content (AvgIpc) is 2.80. The van der Waals surface area contributed by atoms with Crippen LogP contribution in [0.4, 0.5) is 11.5 Å². The molecule has 2 aromatic heterocycles. The number of aromatic nitrogens is 3. The van der Waals surface area contributed by atoms with Crippen LogP contribution in [-0.4, -0.2) is 27.4 Å². The molecular formula is C24H27N5O. The van der Waals surface area contributed by atoms with E-state index in [9.17, 15) is 4.79 Å². The number of carbonyl (C=O) groups excluding carboxylic acids is 1. The monoisotopic (exact) mass is 401 g/mol. The van der Waals surface area contributed by atoms with Gasteiger partial charge in [0.15, 0.2) is 0 Å². The van der Waals surface area contributed by atoms with E-state index in [4.69, 9.17) is 0 Å². The number of nitrogens with zero attached hydrogens (tertiary/aromatic N) is 3. The summed E-state index contributed by atoms with van der Waals surface area (Å²) >= 11 is 0. The molecule has 1 aliphatic rings. The molecule has 0 bridgehead atoms. The fraction of sp³-hybridized carbons (Fsp3) is 0.333. The van der Waals surface area contributed by atoms with E-state index in [-0.39, 0.29) is 5.91 Å². The van der Waals surface area contributed by atoms with Crippen molar-refractivity contribution in [3.8, 4) is 11.3 Å². The van der Waals surface area contributed by atoms with Gasteiger partial charge in [-0.05, 0) is 61.6 Å². The molecule has 154 valence electrons. The average molecular weight is 402 g/mol. The van der Waals surface area contributed by atoms with Gasteiger partial charge < -0.3 is 10.6 Å². The second kappa shape index (κ2) is 9.48. The molecule has 0 spiro atoms. The Balaban J connectivity index is 1.51. The maximum atomic E-state index is 12.7. The van der Waals surface area contributed by atoms with Crippen LogP contribution in [0.3, 0.4) is 0 Å². The molecular weight excluding hydrogens is 374 g/mol. The van der Waals surface area contributed by atoms with Crippen LogP contribution in [0.5, 0.6) is 0 Å². The van der Waals surface area contributed by atoms with E-state index in [1.165, 1.54) is 38.4 Å². The topological polar surface area (TPSA) is 79.8 Å². The minimum Gasteiger partial charge on any atom is -0.352 e. The van der Waals surface area contributed by atoms with Crippen molar-refractivity contribution in [3.05, 3.63) is 66.2 Å². The lowest BCUT2D eigenvalue weighted by Crippen LogP contribution is -2.30. The van der Waals surface area contributed by atoms with Gasteiger partial charge in [0.2, 0.25) is 0 Å². The number of carbonyl (C=O) groups is 1. The highest BCUT2D eigenvalue weighted by atomic mass is 16.1. The first-order chi connectivity index (χ1) is 14.7. The van der Waals surface area contributed by atoms with Crippen LogP contribution in [0.2, 0.25) is 0 Å². The number of nitrogens with one attached hydrogen (secondary N) is 2. The van der Waals surface area contributed by atoms with Gasteiger partial charge in [-0.2, -0.15) is 0 Å². The number of pyridine rings is 1. The molecule has 0 aliphatic heterocycles. The Morgan fingerprint density at radius 2 is 1.93 bits per heavy atom. The van der Waals surface area contributed by atoms with Crippen LogP contribution < -0.4 is 10.6 Å². The van der Waals surface area contributed by atoms with Gasteiger partial charge in [-0.25, -0.2) is 15.0 Å². The van der Waals surface area contributed by atoms with Gasteiger partial charge in [-0.3, -0.25) is 4.79 Å². The number of anilines is 2. The number of benzene rings is 1. The predicted octanol–water partition coefficient (Wildman–Crippen LogP) is 4.90. The van der Waals surface area contributed by atoms with Gasteiger partial charge in [0, 0.05) is 35.8 Å². The quantitative estimate of drug-likeness (QED) is 0.614.